The minimum Gasteiger partial charge on any atom is -0.385 e. The molecule has 3 rings (SSSR count). The Labute approximate surface area is 135 Å². The van der Waals surface area contributed by atoms with E-state index in [2.05, 4.69) is 10.3 Å². The molecule has 4 nitrogen and oxygen atoms in total. The van der Waals surface area contributed by atoms with Gasteiger partial charge in [-0.25, -0.2) is 0 Å². The van der Waals surface area contributed by atoms with Crippen molar-refractivity contribution in [1.29, 1.82) is 0 Å². The van der Waals surface area contributed by atoms with Crippen molar-refractivity contribution in [3.05, 3.63) is 71.9 Å². The molecule has 1 unspecified atom stereocenters. The Hall–Kier alpha value is -2.59. The highest BCUT2D eigenvalue weighted by Gasteiger charge is 2.22. The lowest BCUT2D eigenvalue weighted by Gasteiger charge is -2.24. The molecule has 2 aromatic carbocycles. The minimum absolute atomic E-state index is 0.134. The number of benzene rings is 2. The quantitative estimate of drug-likeness (QED) is 0.677. The van der Waals surface area contributed by atoms with E-state index in [0.29, 0.717) is 18.5 Å². The molecule has 0 bridgehead atoms. The molecule has 23 heavy (non-hydrogen) atoms. The van der Waals surface area contributed by atoms with Gasteiger partial charge < -0.3 is 15.4 Å². The Bertz CT molecular complexity index is 806. The predicted molar refractivity (Wildman–Crippen MR) is 91.3 cm³/mol. The van der Waals surface area contributed by atoms with E-state index in [1.807, 2.05) is 54.7 Å². The van der Waals surface area contributed by atoms with Crippen molar-refractivity contribution >= 4 is 16.8 Å². The number of H-pyrrole nitrogens is 1. The summed E-state index contributed by atoms with van der Waals surface area (Å²) in [7, 11) is 0. The van der Waals surface area contributed by atoms with E-state index >= 15 is 0 Å². The minimum atomic E-state index is -0.960. The van der Waals surface area contributed by atoms with Gasteiger partial charge in [0.05, 0.1) is 5.60 Å². The first-order valence-corrected chi connectivity index (χ1v) is 7.69. The summed E-state index contributed by atoms with van der Waals surface area (Å²) in [5.74, 6) is -0.134. The Morgan fingerprint density at radius 2 is 1.96 bits per heavy atom. The lowest BCUT2D eigenvalue weighted by atomic mass is 9.92. The van der Waals surface area contributed by atoms with Crippen LogP contribution < -0.4 is 5.32 Å². The molecule has 0 aliphatic carbocycles. The fourth-order valence-corrected chi connectivity index (χ4v) is 2.65. The van der Waals surface area contributed by atoms with Crippen LogP contribution >= 0.6 is 0 Å². The first kappa shape index (κ1) is 15.3. The average molecular weight is 308 g/mol. The van der Waals surface area contributed by atoms with Gasteiger partial charge in [0.15, 0.2) is 0 Å². The molecule has 0 saturated heterocycles. The number of amides is 1. The second kappa shape index (κ2) is 6.26. The van der Waals surface area contributed by atoms with Crippen LogP contribution in [-0.2, 0) is 5.60 Å². The molecule has 1 aromatic heterocycles. The van der Waals surface area contributed by atoms with Gasteiger partial charge >= 0.3 is 0 Å². The van der Waals surface area contributed by atoms with Crippen LogP contribution in [0.1, 0.15) is 29.3 Å². The van der Waals surface area contributed by atoms with Gasteiger partial charge in [0.25, 0.3) is 5.91 Å². The van der Waals surface area contributed by atoms with E-state index < -0.39 is 5.60 Å². The van der Waals surface area contributed by atoms with Crippen molar-refractivity contribution in [1.82, 2.24) is 10.3 Å². The fourth-order valence-electron chi connectivity index (χ4n) is 2.65. The Morgan fingerprint density at radius 1 is 1.17 bits per heavy atom. The molecule has 1 heterocycles. The Balaban J connectivity index is 1.60. The molecular weight excluding hydrogens is 288 g/mol. The number of aliphatic hydroxyl groups is 1. The van der Waals surface area contributed by atoms with Gasteiger partial charge in [-0.05, 0) is 42.5 Å². The predicted octanol–water partition coefficient (Wildman–Crippen LogP) is 3.20. The van der Waals surface area contributed by atoms with E-state index in [1.54, 1.807) is 13.0 Å². The van der Waals surface area contributed by atoms with Crippen LogP contribution in [0.15, 0.2) is 60.8 Å². The van der Waals surface area contributed by atoms with Crippen molar-refractivity contribution < 1.29 is 9.90 Å². The molecule has 3 N–H and O–H groups in total. The van der Waals surface area contributed by atoms with Crippen molar-refractivity contribution in [2.45, 2.75) is 18.9 Å². The van der Waals surface area contributed by atoms with Gasteiger partial charge in [-0.15, -0.1) is 0 Å². The number of carbonyl (C=O) groups excluding carboxylic acids is 1. The van der Waals surface area contributed by atoms with Crippen molar-refractivity contribution in [3.63, 3.8) is 0 Å². The fraction of sp³-hybridized carbons (Fsp3) is 0.211. The van der Waals surface area contributed by atoms with Gasteiger partial charge in [-0.2, -0.15) is 0 Å². The molecule has 1 atom stereocenters. The van der Waals surface area contributed by atoms with E-state index in [-0.39, 0.29) is 5.91 Å². The monoisotopic (exact) mass is 308 g/mol. The zero-order valence-electron chi connectivity index (χ0n) is 13.0. The third kappa shape index (κ3) is 3.43. The lowest BCUT2D eigenvalue weighted by Crippen LogP contribution is -2.31. The summed E-state index contributed by atoms with van der Waals surface area (Å²) in [6.45, 7) is 2.17. The zero-order valence-corrected chi connectivity index (χ0v) is 13.0. The first-order valence-electron chi connectivity index (χ1n) is 7.69. The molecule has 0 fully saturated rings. The number of rotatable bonds is 5. The van der Waals surface area contributed by atoms with E-state index in [4.69, 9.17) is 0 Å². The number of aromatic nitrogens is 1. The van der Waals surface area contributed by atoms with Gasteiger partial charge in [-0.3, -0.25) is 4.79 Å². The highest BCUT2D eigenvalue weighted by molar-refractivity contribution is 5.97. The number of fused-ring (bicyclic) bond motifs is 1. The molecule has 4 heteroatoms. The third-order valence-corrected chi connectivity index (χ3v) is 4.11. The molecule has 0 saturated carbocycles. The maximum Gasteiger partial charge on any atom is 0.251 e. The molecule has 1 amide bonds. The topological polar surface area (TPSA) is 65.1 Å². The highest BCUT2D eigenvalue weighted by atomic mass is 16.3. The van der Waals surface area contributed by atoms with Crippen LogP contribution in [0.5, 0.6) is 0 Å². The number of nitrogens with one attached hydrogen (secondary N) is 2. The first-order chi connectivity index (χ1) is 11.1. The Kier molecular flexibility index (Phi) is 4.17. The van der Waals surface area contributed by atoms with Crippen LogP contribution in [0.25, 0.3) is 10.9 Å². The van der Waals surface area contributed by atoms with Gasteiger partial charge in [0, 0.05) is 23.8 Å². The van der Waals surface area contributed by atoms with Crippen LogP contribution in [0.4, 0.5) is 0 Å². The maximum atomic E-state index is 12.2. The molecule has 0 aliphatic rings. The Morgan fingerprint density at radius 3 is 2.74 bits per heavy atom. The van der Waals surface area contributed by atoms with Crippen molar-refractivity contribution in [3.8, 4) is 0 Å². The number of hydrogen-bond acceptors (Lipinski definition) is 2. The second-order valence-electron chi connectivity index (χ2n) is 5.93. The summed E-state index contributed by atoms with van der Waals surface area (Å²) in [4.78, 5) is 15.3. The van der Waals surface area contributed by atoms with Crippen LogP contribution in [0.3, 0.4) is 0 Å². The van der Waals surface area contributed by atoms with E-state index in [1.165, 1.54) is 0 Å². The average Bonchev–Trinajstić information content (AvgIpc) is 3.03. The van der Waals surface area contributed by atoms with E-state index in [0.717, 1.165) is 16.5 Å². The molecule has 0 aliphatic heterocycles. The smallest absolute Gasteiger partial charge is 0.251 e. The maximum absolute atomic E-state index is 12.2. The molecule has 0 radical (unpaired) electrons. The summed E-state index contributed by atoms with van der Waals surface area (Å²) < 4.78 is 0. The SMILES string of the molecule is CC(O)(CCNC(=O)c1ccc2cc[nH]c2c1)c1ccccc1. The molecule has 118 valence electrons. The number of aromatic amines is 1. The van der Waals surface area contributed by atoms with Crippen molar-refractivity contribution in [2.75, 3.05) is 6.54 Å². The van der Waals surface area contributed by atoms with Crippen molar-refractivity contribution in [2.24, 2.45) is 0 Å². The summed E-state index contributed by atoms with van der Waals surface area (Å²) >= 11 is 0. The van der Waals surface area contributed by atoms with Crippen LogP contribution in [0, 0.1) is 0 Å². The molecule has 3 aromatic rings. The van der Waals surface area contributed by atoms with Gasteiger partial charge in [-0.1, -0.05) is 36.4 Å². The molecule has 0 spiro atoms. The van der Waals surface area contributed by atoms with Gasteiger partial charge in [0.2, 0.25) is 0 Å². The lowest BCUT2D eigenvalue weighted by molar-refractivity contribution is 0.0475. The zero-order chi connectivity index (χ0) is 16.3. The standard InChI is InChI=1S/C19H20N2O2/c1-19(23,16-5-3-2-4-6-16)10-12-21-18(22)15-8-7-14-9-11-20-17(14)13-15/h2-9,11,13,20,23H,10,12H2,1H3,(H,21,22). The van der Waals surface area contributed by atoms with E-state index in [9.17, 15) is 9.90 Å². The summed E-state index contributed by atoms with van der Waals surface area (Å²) in [6.07, 6.45) is 2.30. The largest absolute Gasteiger partial charge is 0.385 e. The third-order valence-electron chi connectivity index (χ3n) is 4.11. The summed E-state index contributed by atoms with van der Waals surface area (Å²) in [6, 6.07) is 17.0. The summed E-state index contributed by atoms with van der Waals surface area (Å²) in [5, 5.41) is 14.5. The van der Waals surface area contributed by atoms with Crippen LogP contribution in [0.2, 0.25) is 0 Å². The number of carbonyl (C=O) groups is 1. The highest BCUT2D eigenvalue weighted by Crippen LogP contribution is 2.23. The normalized spacial score (nSPS) is 13.7. The van der Waals surface area contributed by atoms with Gasteiger partial charge in [0.1, 0.15) is 0 Å². The summed E-state index contributed by atoms with van der Waals surface area (Å²) in [5.41, 5.74) is 1.44. The second-order valence-corrected chi connectivity index (χ2v) is 5.93. The van der Waals surface area contributed by atoms with Crippen LogP contribution in [-0.4, -0.2) is 22.5 Å². The number of hydrogen-bond donors (Lipinski definition) is 3. The molecular formula is C19H20N2O2.